The fraction of sp³-hybridized carbons (Fsp3) is 0.250. The maximum Gasteiger partial charge on any atom is 0.0563 e. The Kier molecular flexibility index (Phi) is 3.88. The molecule has 18 heavy (non-hydrogen) atoms. The van der Waals surface area contributed by atoms with Gasteiger partial charge in [-0.3, -0.25) is 0 Å². The normalized spacial score (nSPS) is 12.5. The van der Waals surface area contributed by atoms with E-state index in [1.54, 1.807) is 0 Å². The average molecular weight is 304 g/mol. The van der Waals surface area contributed by atoms with Crippen LogP contribution in [-0.2, 0) is 0 Å². The van der Waals surface area contributed by atoms with E-state index in [1.165, 1.54) is 16.7 Å². The summed E-state index contributed by atoms with van der Waals surface area (Å²) in [4.78, 5) is 0. The van der Waals surface area contributed by atoms with E-state index in [2.05, 4.69) is 73.1 Å². The Hall–Kier alpha value is -1.12. The molecule has 0 saturated heterocycles. The largest absolute Gasteiger partial charge is 0.320 e. The summed E-state index contributed by atoms with van der Waals surface area (Å²) in [5.74, 6) is 0. The van der Waals surface area contributed by atoms with Crippen molar-refractivity contribution in [3.05, 3.63) is 68.7 Å². The number of hydrogen-bond acceptors (Lipinski definition) is 1. The summed E-state index contributed by atoms with van der Waals surface area (Å²) in [7, 11) is 0. The first-order valence-electron chi connectivity index (χ1n) is 6.08. The van der Waals surface area contributed by atoms with Gasteiger partial charge in [-0.05, 0) is 49.1 Å². The van der Waals surface area contributed by atoms with Gasteiger partial charge in [-0.2, -0.15) is 0 Å². The lowest BCUT2D eigenvalue weighted by Gasteiger charge is -2.16. The van der Waals surface area contributed by atoms with Gasteiger partial charge in [0.15, 0.2) is 0 Å². The molecule has 0 aliphatic rings. The van der Waals surface area contributed by atoms with Gasteiger partial charge < -0.3 is 5.73 Å². The van der Waals surface area contributed by atoms with E-state index in [1.807, 2.05) is 0 Å². The molecule has 0 bridgehead atoms. The Balaban J connectivity index is 2.44. The fourth-order valence-corrected chi connectivity index (χ4v) is 2.53. The SMILES string of the molecule is Cc1ccc(Br)c(C(N)c2ccc(C)c(C)c2)c1. The van der Waals surface area contributed by atoms with Crippen molar-refractivity contribution >= 4 is 15.9 Å². The van der Waals surface area contributed by atoms with Crippen molar-refractivity contribution in [3.63, 3.8) is 0 Å². The van der Waals surface area contributed by atoms with Crippen LogP contribution >= 0.6 is 15.9 Å². The molecule has 1 nitrogen and oxygen atoms in total. The van der Waals surface area contributed by atoms with Gasteiger partial charge in [0.25, 0.3) is 0 Å². The molecule has 2 aromatic rings. The summed E-state index contributed by atoms with van der Waals surface area (Å²) < 4.78 is 1.07. The number of halogens is 1. The maximum absolute atomic E-state index is 6.37. The van der Waals surface area contributed by atoms with Crippen LogP contribution in [0.5, 0.6) is 0 Å². The van der Waals surface area contributed by atoms with Gasteiger partial charge in [-0.15, -0.1) is 0 Å². The summed E-state index contributed by atoms with van der Waals surface area (Å²) in [5.41, 5.74) is 12.5. The van der Waals surface area contributed by atoms with E-state index in [-0.39, 0.29) is 6.04 Å². The minimum Gasteiger partial charge on any atom is -0.320 e. The van der Waals surface area contributed by atoms with Gasteiger partial charge in [0.2, 0.25) is 0 Å². The van der Waals surface area contributed by atoms with Crippen LogP contribution in [-0.4, -0.2) is 0 Å². The van der Waals surface area contributed by atoms with Crippen molar-refractivity contribution in [2.45, 2.75) is 26.8 Å². The molecule has 2 rings (SSSR count). The molecule has 0 aliphatic heterocycles. The molecule has 94 valence electrons. The van der Waals surface area contributed by atoms with E-state index < -0.39 is 0 Å². The number of nitrogens with two attached hydrogens (primary N) is 1. The Bertz CT molecular complexity index is 575. The van der Waals surface area contributed by atoms with Crippen molar-refractivity contribution in [1.29, 1.82) is 0 Å². The fourth-order valence-electron chi connectivity index (χ4n) is 2.04. The Morgan fingerprint density at radius 2 is 1.67 bits per heavy atom. The molecule has 2 heteroatoms. The van der Waals surface area contributed by atoms with Crippen molar-refractivity contribution in [3.8, 4) is 0 Å². The first-order chi connectivity index (χ1) is 8.49. The molecule has 0 fully saturated rings. The highest BCUT2D eigenvalue weighted by Gasteiger charge is 2.12. The molecule has 0 aromatic heterocycles. The average Bonchev–Trinajstić information content (AvgIpc) is 2.35. The van der Waals surface area contributed by atoms with Gasteiger partial charge in [0, 0.05) is 4.47 Å². The predicted molar refractivity (Wildman–Crippen MR) is 80.8 cm³/mol. The van der Waals surface area contributed by atoms with Crippen molar-refractivity contribution in [2.75, 3.05) is 0 Å². The van der Waals surface area contributed by atoms with Gasteiger partial charge in [0.05, 0.1) is 6.04 Å². The second-order valence-electron chi connectivity index (χ2n) is 4.85. The second kappa shape index (κ2) is 5.25. The zero-order valence-corrected chi connectivity index (χ0v) is 12.6. The third-order valence-corrected chi connectivity index (χ3v) is 4.10. The predicted octanol–water partition coefficient (Wildman–Crippen LogP) is 4.42. The number of hydrogen-bond donors (Lipinski definition) is 1. The van der Waals surface area contributed by atoms with Crippen molar-refractivity contribution < 1.29 is 0 Å². The monoisotopic (exact) mass is 303 g/mol. The lowest BCUT2D eigenvalue weighted by molar-refractivity contribution is 0.861. The number of aryl methyl sites for hydroxylation is 3. The van der Waals surface area contributed by atoms with Crippen LogP contribution in [0, 0.1) is 20.8 Å². The highest BCUT2D eigenvalue weighted by Crippen LogP contribution is 2.28. The van der Waals surface area contributed by atoms with E-state index in [4.69, 9.17) is 5.73 Å². The summed E-state index contributed by atoms with van der Waals surface area (Å²) in [6, 6.07) is 12.6. The van der Waals surface area contributed by atoms with Crippen LogP contribution in [0.15, 0.2) is 40.9 Å². The first kappa shape index (κ1) is 13.3. The van der Waals surface area contributed by atoms with E-state index in [9.17, 15) is 0 Å². The molecule has 0 spiro atoms. The van der Waals surface area contributed by atoms with Crippen LogP contribution in [0.4, 0.5) is 0 Å². The molecule has 1 atom stereocenters. The third-order valence-electron chi connectivity index (χ3n) is 3.38. The molecule has 0 amide bonds. The lowest BCUT2D eigenvalue weighted by atomic mass is 9.95. The summed E-state index contributed by atoms with van der Waals surface area (Å²) >= 11 is 3.58. The van der Waals surface area contributed by atoms with Gasteiger partial charge in [-0.25, -0.2) is 0 Å². The van der Waals surface area contributed by atoms with Gasteiger partial charge in [0.1, 0.15) is 0 Å². The topological polar surface area (TPSA) is 26.0 Å². The first-order valence-corrected chi connectivity index (χ1v) is 6.87. The van der Waals surface area contributed by atoms with E-state index >= 15 is 0 Å². The molecular weight excluding hydrogens is 286 g/mol. The maximum atomic E-state index is 6.37. The summed E-state index contributed by atoms with van der Waals surface area (Å²) in [6.07, 6.45) is 0. The summed E-state index contributed by atoms with van der Waals surface area (Å²) in [6.45, 7) is 6.33. The van der Waals surface area contributed by atoms with Crippen LogP contribution in [0.2, 0.25) is 0 Å². The highest BCUT2D eigenvalue weighted by molar-refractivity contribution is 9.10. The minimum atomic E-state index is -0.0847. The quantitative estimate of drug-likeness (QED) is 0.873. The van der Waals surface area contributed by atoms with E-state index in [0.29, 0.717) is 0 Å². The van der Waals surface area contributed by atoms with E-state index in [0.717, 1.165) is 15.6 Å². The number of benzene rings is 2. The lowest BCUT2D eigenvalue weighted by Crippen LogP contribution is -2.13. The van der Waals surface area contributed by atoms with Gasteiger partial charge in [-0.1, -0.05) is 51.8 Å². The zero-order valence-electron chi connectivity index (χ0n) is 11.0. The molecule has 0 aliphatic carbocycles. The highest BCUT2D eigenvalue weighted by atomic mass is 79.9. The second-order valence-corrected chi connectivity index (χ2v) is 5.70. The van der Waals surface area contributed by atoms with Crippen LogP contribution in [0.25, 0.3) is 0 Å². The molecule has 1 unspecified atom stereocenters. The van der Waals surface area contributed by atoms with Crippen molar-refractivity contribution in [1.82, 2.24) is 0 Å². The zero-order chi connectivity index (χ0) is 13.3. The smallest absolute Gasteiger partial charge is 0.0563 e. The van der Waals surface area contributed by atoms with Crippen LogP contribution in [0.3, 0.4) is 0 Å². The van der Waals surface area contributed by atoms with Crippen molar-refractivity contribution in [2.24, 2.45) is 5.73 Å². The minimum absolute atomic E-state index is 0.0847. The third kappa shape index (κ3) is 2.65. The number of rotatable bonds is 2. The molecule has 0 heterocycles. The van der Waals surface area contributed by atoms with Crippen LogP contribution in [0.1, 0.15) is 33.9 Å². The molecular formula is C16H18BrN. The summed E-state index contributed by atoms with van der Waals surface area (Å²) in [5, 5.41) is 0. The Labute approximate surface area is 117 Å². The Morgan fingerprint density at radius 1 is 0.944 bits per heavy atom. The Morgan fingerprint density at radius 3 is 2.33 bits per heavy atom. The van der Waals surface area contributed by atoms with Gasteiger partial charge >= 0.3 is 0 Å². The molecule has 0 radical (unpaired) electrons. The molecule has 0 saturated carbocycles. The van der Waals surface area contributed by atoms with Crippen LogP contribution < -0.4 is 5.73 Å². The molecule has 2 aromatic carbocycles. The molecule has 2 N–H and O–H groups in total. The standard InChI is InChI=1S/C16H18BrN/c1-10-4-7-15(17)14(8-10)16(18)13-6-5-11(2)12(3)9-13/h4-9,16H,18H2,1-3H3.